The normalized spacial score (nSPS) is 47.6. The maximum atomic E-state index is 12.4. The molecule has 0 radical (unpaired) electrons. The van der Waals surface area contributed by atoms with Crippen molar-refractivity contribution in [3.63, 3.8) is 0 Å². The van der Waals surface area contributed by atoms with Gasteiger partial charge < -0.3 is 31.1 Å². The third-order valence-corrected chi connectivity index (χ3v) is 13.4. The number of quaternary nitrogens is 1. The van der Waals surface area contributed by atoms with Crippen molar-refractivity contribution in [2.45, 2.75) is 129 Å². The Morgan fingerprint density at radius 1 is 0.865 bits per heavy atom. The monoisotopic (exact) mass is 578 g/mol. The van der Waals surface area contributed by atoms with Gasteiger partial charge in [0.25, 0.3) is 0 Å². The number of nitrogens with zero attached hydrogens (tertiary/aromatic N) is 2. The van der Waals surface area contributed by atoms with E-state index in [9.17, 15) is 4.79 Å². The molecule has 0 aromatic rings. The third kappa shape index (κ3) is 4.77. The van der Waals surface area contributed by atoms with E-state index in [4.69, 9.17) is 4.74 Å². The molecular weight excluding hydrogens is 524 g/mol. The molecule has 0 N–H and O–H groups in total. The average molecular weight is 580 g/mol. The SMILES string of the molecule is CC(=O)O[C@H]1[C@@H]([N+]2(C)CCCCC2)CC2C3CC[C@H]4CC[C@@H](N5CCCCC5)C[C@]4(C)C3CC[C@@]21C.[Br-]. The Balaban J connectivity index is 0.00000280. The van der Waals surface area contributed by atoms with Gasteiger partial charge in [-0.15, -0.1) is 0 Å². The van der Waals surface area contributed by atoms with Crippen molar-refractivity contribution >= 4 is 5.97 Å². The van der Waals surface area contributed by atoms with Gasteiger partial charge >= 0.3 is 5.97 Å². The number of piperidine rings is 2. The second kappa shape index (κ2) is 10.7. The van der Waals surface area contributed by atoms with Gasteiger partial charge in [-0.2, -0.15) is 0 Å². The molecule has 6 fully saturated rings. The highest BCUT2D eigenvalue weighted by atomic mass is 79.9. The lowest BCUT2D eigenvalue weighted by Gasteiger charge is -2.61. The summed E-state index contributed by atoms with van der Waals surface area (Å²) < 4.78 is 7.51. The molecule has 5 heteroatoms. The number of ether oxygens (including phenoxy) is 1. The Hall–Kier alpha value is -0.130. The van der Waals surface area contributed by atoms with E-state index in [0.717, 1.165) is 34.2 Å². The van der Waals surface area contributed by atoms with Crippen LogP contribution in [-0.2, 0) is 9.53 Å². The molecule has 3 unspecified atom stereocenters. The molecule has 0 amide bonds. The lowest BCUT2D eigenvalue weighted by molar-refractivity contribution is -0.940. The minimum atomic E-state index is -0.0510. The fourth-order valence-corrected chi connectivity index (χ4v) is 11.4. The van der Waals surface area contributed by atoms with Crippen molar-refractivity contribution in [1.82, 2.24) is 4.90 Å². The molecule has 6 aliphatic rings. The van der Waals surface area contributed by atoms with Gasteiger partial charge in [-0.3, -0.25) is 4.79 Å². The van der Waals surface area contributed by atoms with E-state index in [1.54, 1.807) is 6.92 Å². The molecule has 0 aromatic carbocycles. The number of hydrogen-bond acceptors (Lipinski definition) is 3. The largest absolute Gasteiger partial charge is 1.00 e. The van der Waals surface area contributed by atoms with Crippen LogP contribution in [0.25, 0.3) is 0 Å². The minimum absolute atomic E-state index is 0. The number of halogens is 1. The standard InChI is InChI=1S/C32H55N2O2.BrH/c1-23(35)36-30-29(34(4)19-9-6-10-20-34)21-28-26-14-12-24-11-13-25(33-17-7-5-8-18-33)22-32(24,3)27(26)15-16-31(28,30)2;/h24-30H,5-22H2,1-4H3;1H/q+1;/p-1/t24-,25-,26?,27?,28?,29+,30+,31+,32+;/m1./s1. The van der Waals surface area contributed by atoms with Crippen molar-refractivity contribution in [1.29, 1.82) is 0 Å². The summed E-state index contributed by atoms with van der Waals surface area (Å²) in [6, 6.07) is 1.34. The molecule has 4 saturated carbocycles. The molecule has 2 saturated heterocycles. The molecular formula is C32H55BrN2O2. The van der Waals surface area contributed by atoms with Crippen molar-refractivity contribution in [2.24, 2.45) is 34.5 Å². The van der Waals surface area contributed by atoms with Crippen LogP contribution >= 0.6 is 0 Å². The summed E-state index contributed by atoms with van der Waals surface area (Å²) in [5, 5.41) is 0. The van der Waals surface area contributed by atoms with E-state index in [2.05, 4.69) is 25.8 Å². The van der Waals surface area contributed by atoms with E-state index in [1.807, 2.05) is 0 Å². The van der Waals surface area contributed by atoms with Crippen LogP contribution in [-0.4, -0.2) is 66.8 Å². The molecule has 37 heavy (non-hydrogen) atoms. The molecule has 2 heterocycles. The van der Waals surface area contributed by atoms with Gasteiger partial charge in [0.2, 0.25) is 0 Å². The number of carbonyl (C=O) groups excluding carboxylic acids is 1. The van der Waals surface area contributed by atoms with Crippen molar-refractivity contribution < 1.29 is 31.0 Å². The molecule has 4 aliphatic carbocycles. The van der Waals surface area contributed by atoms with Crippen molar-refractivity contribution in [3.05, 3.63) is 0 Å². The summed E-state index contributed by atoms with van der Waals surface area (Å²) in [4.78, 5) is 15.3. The van der Waals surface area contributed by atoms with E-state index in [1.165, 1.54) is 116 Å². The van der Waals surface area contributed by atoms with Crippen LogP contribution in [0, 0.1) is 34.5 Å². The van der Waals surface area contributed by atoms with Crippen LogP contribution in [0.2, 0.25) is 0 Å². The first-order valence-electron chi connectivity index (χ1n) is 16.0. The zero-order valence-corrected chi connectivity index (χ0v) is 25.9. The van der Waals surface area contributed by atoms with Crippen LogP contribution in [0.4, 0.5) is 0 Å². The summed E-state index contributed by atoms with van der Waals surface area (Å²) in [5.41, 5.74) is 0.684. The summed E-state index contributed by atoms with van der Waals surface area (Å²) in [6.07, 6.45) is 19.6. The van der Waals surface area contributed by atoms with E-state index in [-0.39, 0.29) is 34.5 Å². The van der Waals surface area contributed by atoms with Crippen LogP contribution in [0.15, 0.2) is 0 Å². The fourth-order valence-electron chi connectivity index (χ4n) is 11.4. The number of likely N-dealkylation sites (tertiary alicyclic amines) is 2. The number of fused-ring (bicyclic) bond motifs is 5. The lowest BCUT2D eigenvalue weighted by Crippen LogP contribution is -3.00. The fraction of sp³-hybridized carbons (Fsp3) is 0.969. The van der Waals surface area contributed by atoms with E-state index < -0.39 is 0 Å². The summed E-state index contributed by atoms with van der Waals surface area (Å²) >= 11 is 0. The number of carbonyl (C=O) groups is 1. The van der Waals surface area contributed by atoms with Crippen LogP contribution in [0.5, 0.6) is 0 Å². The van der Waals surface area contributed by atoms with Gasteiger partial charge in [0.05, 0.1) is 20.1 Å². The molecule has 2 aliphatic heterocycles. The molecule has 0 bridgehead atoms. The Morgan fingerprint density at radius 3 is 2.24 bits per heavy atom. The smallest absolute Gasteiger partial charge is 0.303 e. The first kappa shape index (κ1) is 28.4. The minimum Gasteiger partial charge on any atom is -1.00 e. The summed E-state index contributed by atoms with van der Waals surface area (Å²) in [7, 11) is 2.50. The van der Waals surface area contributed by atoms with Gasteiger partial charge in [0.1, 0.15) is 6.04 Å². The van der Waals surface area contributed by atoms with Crippen LogP contribution in [0.1, 0.15) is 111 Å². The Bertz CT molecular complexity index is 824. The topological polar surface area (TPSA) is 29.5 Å². The van der Waals surface area contributed by atoms with Gasteiger partial charge in [0.15, 0.2) is 6.10 Å². The number of rotatable bonds is 3. The Morgan fingerprint density at radius 2 is 1.54 bits per heavy atom. The van der Waals surface area contributed by atoms with Crippen LogP contribution < -0.4 is 17.0 Å². The van der Waals surface area contributed by atoms with Crippen LogP contribution in [0.3, 0.4) is 0 Å². The molecule has 0 spiro atoms. The lowest BCUT2D eigenvalue weighted by atomic mass is 9.45. The highest BCUT2D eigenvalue weighted by Gasteiger charge is 2.66. The summed E-state index contributed by atoms with van der Waals surface area (Å²) in [6.45, 7) is 12.2. The van der Waals surface area contributed by atoms with E-state index >= 15 is 0 Å². The van der Waals surface area contributed by atoms with Crippen molar-refractivity contribution in [2.75, 3.05) is 33.2 Å². The highest BCUT2D eigenvalue weighted by Crippen LogP contribution is 2.67. The molecule has 212 valence electrons. The molecule has 6 rings (SSSR count). The zero-order valence-electron chi connectivity index (χ0n) is 24.4. The number of hydrogen-bond donors (Lipinski definition) is 0. The van der Waals surface area contributed by atoms with Gasteiger partial charge in [-0.25, -0.2) is 0 Å². The van der Waals surface area contributed by atoms with Gasteiger partial charge in [-0.05, 0) is 119 Å². The van der Waals surface area contributed by atoms with Gasteiger partial charge in [-0.1, -0.05) is 20.3 Å². The third-order valence-electron chi connectivity index (χ3n) is 13.4. The van der Waals surface area contributed by atoms with E-state index in [0.29, 0.717) is 11.5 Å². The second-order valence-corrected chi connectivity index (χ2v) is 15.1. The quantitative estimate of drug-likeness (QED) is 0.379. The maximum Gasteiger partial charge on any atom is 0.303 e. The molecule has 4 nitrogen and oxygen atoms in total. The predicted molar refractivity (Wildman–Crippen MR) is 145 cm³/mol. The molecule has 9 atom stereocenters. The predicted octanol–water partition coefficient (Wildman–Crippen LogP) is 3.43. The van der Waals surface area contributed by atoms with Gasteiger partial charge in [0, 0.05) is 24.8 Å². The second-order valence-electron chi connectivity index (χ2n) is 15.1. The molecule has 0 aromatic heterocycles. The first-order chi connectivity index (χ1) is 17.2. The van der Waals surface area contributed by atoms with Crippen molar-refractivity contribution in [3.8, 4) is 0 Å². The Kier molecular flexibility index (Phi) is 8.21. The first-order valence-corrected chi connectivity index (χ1v) is 16.0. The highest BCUT2D eigenvalue weighted by molar-refractivity contribution is 5.66. The summed E-state index contributed by atoms with van der Waals surface area (Å²) in [5.74, 6) is 3.34. The maximum absolute atomic E-state index is 12.4. The number of esters is 1. The zero-order chi connectivity index (χ0) is 25.1. The number of likely N-dealkylation sites (N-methyl/N-ethyl adjacent to an activating group) is 1. The average Bonchev–Trinajstić information content (AvgIpc) is 3.17. The Labute approximate surface area is 238 Å².